The fourth-order valence-electron chi connectivity index (χ4n) is 2.91. The summed E-state index contributed by atoms with van der Waals surface area (Å²) < 4.78 is 23.7. The van der Waals surface area contributed by atoms with Crippen LogP contribution in [0.25, 0.3) is 0 Å². The molecule has 1 amide bonds. The number of ether oxygens (including phenoxy) is 2. The molecule has 1 heterocycles. The van der Waals surface area contributed by atoms with Crippen molar-refractivity contribution in [2.45, 2.75) is 25.9 Å². The van der Waals surface area contributed by atoms with Gasteiger partial charge in [-0.15, -0.1) is 0 Å². The van der Waals surface area contributed by atoms with Crippen LogP contribution in [0.2, 0.25) is 0 Å². The van der Waals surface area contributed by atoms with Crippen LogP contribution in [0.4, 0.5) is 10.1 Å². The Kier molecular flexibility index (Phi) is 7.51. The third-order valence-corrected chi connectivity index (χ3v) is 4.47. The maximum absolute atomic E-state index is 13.1. The number of carbonyl (C=O) groups excluding carboxylic acids is 2. The third-order valence-electron chi connectivity index (χ3n) is 4.47. The second-order valence-electron chi connectivity index (χ2n) is 6.71. The largest absolute Gasteiger partial charge is 0.462 e. The summed E-state index contributed by atoms with van der Waals surface area (Å²) in [6.07, 6.45) is 1.91. The number of hydrogen-bond donors (Lipinski definition) is 2. The van der Waals surface area contributed by atoms with Crippen molar-refractivity contribution in [2.75, 3.05) is 25.1 Å². The number of esters is 1. The number of nitrogens with one attached hydrogen (secondary N) is 2. The van der Waals surface area contributed by atoms with Gasteiger partial charge in [0.25, 0.3) is 5.91 Å². The number of benzene rings is 2. The summed E-state index contributed by atoms with van der Waals surface area (Å²) in [6.45, 7) is 3.15. The summed E-state index contributed by atoms with van der Waals surface area (Å²) in [4.78, 5) is 28.8. The molecule has 0 bridgehead atoms. The lowest BCUT2D eigenvalue weighted by Crippen LogP contribution is -2.36. The minimum atomic E-state index is -0.420. The first-order valence-corrected chi connectivity index (χ1v) is 9.82. The SMILES string of the molecule is CCOC(=O)c1ccc(NC(=NCC2CCCO2)NC(=O)c2ccc(F)cc2)cc1. The highest BCUT2D eigenvalue weighted by atomic mass is 19.1. The molecule has 158 valence electrons. The second kappa shape index (κ2) is 10.5. The Balaban J connectivity index is 1.71. The molecule has 1 saturated heterocycles. The highest BCUT2D eigenvalue weighted by molar-refractivity contribution is 6.10. The van der Waals surface area contributed by atoms with Gasteiger partial charge in [0.1, 0.15) is 5.82 Å². The molecule has 0 saturated carbocycles. The van der Waals surface area contributed by atoms with Gasteiger partial charge in [0.2, 0.25) is 5.96 Å². The molecule has 1 aliphatic rings. The Morgan fingerprint density at radius 1 is 1.13 bits per heavy atom. The summed E-state index contributed by atoms with van der Waals surface area (Å²) in [5, 5.41) is 5.76. The van der Waals surface area contributed by atoms with Crippen LogP contribution in [-0.4, -0.2) is 43.7 Å². The van der Waals surface area contributed by atoms with E-state index in [0.29, 0.717) is 36.6 Å². The topological polar surface area (TPSA) is 89.0 Å². The van der Waals surface area contributed by atoms with E-state index in [1.165, 1.54) is 24.3 Å². The molecule has 8 heteroatoms. The van der Waals surface area contributed by atoms with Crippen LogP contribution < -0.4 is 10.6 Å². The van der Waals surface area contributed by atoms with Crippen molar-refractivity contribution in [1.29, 1.82) is 0 Å². The first kappa shape index (κ1) is 21.4. The van der Waals surface area contributed by atoms with E-state index < -0.39 is 17.7 Å². The summed E-state index contributed by atoms with van der Waals surface area (Å²) in [5.41, 5.74) is 1.37. The highest BCUT2D eigenvalue weighted by Crippen LogP contribution is 2.13. The molecule has 1 fully saturated rings. The van der Waals surface area contributed by atoms with Gasteiger partial charge in [-0.25, -0.2) is 14.2 Å². The quantitative estimate of drug-likeness (QED) is 0.431. The van der Waals surface area contributed by atoms with Crippen LogP contribution in [0.15, 0.2) is 53.5 Å². The zero-order valence-electron chi connectivity index (χ0n) is 16.7. The molecule has 3 rings (SSSR count). The van der Waals surface area contributed by atoms with Gasteiger partial charge in [-0.3, -0.25) is 10.1 Å². The molecule has 0 radical (unpaired) electrons. The Labute approximate surface area is 174 Å². The molecule has 2 aromatic rings. The van der Waals surface area contributed by atoms with E-state index in [0.717, 1.165) is 12.8 Å². The second-order valence-corrected chi connectivity index (χ2v) is 6.71. The van der Waals surface area contributed by atoms with Crippen molar-refractivity contribution in [3.63, 3.8) is 0 Å². The van der Waals surface area contributed by atoms with Crippen LogP contribution in [0.1, 0.15) is 40.5 Å². The molecule has 1 unspecified atom stereocenters. The van der Waals surface area contributed by atoms with Crippen LogP contribution in [0.5, 0.6) is 0 Å². The molecule has 2 N–H and O–H groups in total. The van der Waals surface area contributed by atoms with Crippen molar-refractivity contribution in [1.82, 2.24) is 5.32 Å². The highest BCUT2D eigenvalue weighted by Gasteiger charge is 2.16. The Bertz CT molecular complexity index is 892. The smallest absolute Gasteiger partial charge is 0.338 e. The van der Waals surface area contributed by atoms with E-state index in [-0.39, 0.29) is 12.1 Å². The fourth-order valence-corrected chi connectivity index (χ4v) is 2.91. The maximum Gasteiger partial charge on any atom is 0.338 e. The number of aliphatic imine (C=N–C) groups is 1. The molecule has 0 aromatic heterocycles. The number of anilines is 1. The summed E-state index contributed by atoms with van der Waals surface area (Å²) in [6, 6.07) is 11.9. The van der Waals surface area contributed by atoms with Gasteiger partial charge in [0.05, 0.1) is 24.8 Å². The molecular formula is C22H24FN3O4. The maximum atomic E-state index is 13.1. The van der Waals surface area contributed by atoms with Crippen LogP contribution in [0, 0.1) is 5.82 Å². The predicted molar refractivity (Wildman–Crippen MR) is 111 cm³/mol. The number of rotatable bonds is 6. The predicted octanol–water partition coefficient (Wildman–Crippen LogP) is 3.38. The van der Waals surface area contributed by atoms with Crippen molar-refractivity contribution >= 4 is 23.5 Å². The number of guanidine groups is 1. The normalized spacial score (nSPS) is 16.2. The lowest BCUT2D eigenvalue weighted by Gasteiger charge is -2.14. The van der Waals surface area contributed by atoms with Gasteiger partial charge in [-0.2, -0.15) is 0 Å². The van der Waals surface area contributed by atoms with Gasteiger partial charge < -0.3 is 14.8 Å². The number of hydrogen-bond acceptors (Lipinski definition) is 5. The Morgan fingerprint density at radius 2 is 1.83 bits per heavy atom. The van der Waals surface area contributed by atoms with E-state index in [2.05, 4.69) is 15.6 Å². The number of carbonyl (C=O) groups is 2. The first-order chi connectivity index (χ1) is 14.5. The monoisotopic (exact) mass is 413 g/mol. The molecule has 7 nitrogen and oxygen atoms in total. The molecule has 1 aliphatic heterocycles. The number of amides is 1. The number of nitrogens with zero attached hydrogens (tertiary/aromatic N) is 1. The zero-order chi connectivity index (χ0) is 21.3. The van der Waals surface area contributed by atoms with Gasteiger partial charge in [0, 0.05) is 17.9 Å². The molecule has 2 aromatic carbocycles. The Morgan fingerprint density at radius 3 is 2.47 bits per heavy atom. The van der Waals surface area contributed by atoms with E-state index in [1.807, 2.05) is 0 Å². The molecule has 30 heavy (non-hydrogen) atoms. The summed E-state index contributed by atoms with van der Waals surface area (Å²) >= 11 is 0. The standard InChI is InChI=1S/C22H24FN3O4/c1-2-29-21(28)16-7-11-18(12-8-16)25-22(24-14-19-4-3-13-30-19)26-20(27)15-5-9-17(23)10-6-15/h5-12,19H,2-4,13-14H2,1H3,(H2,24,25,26,27). The molecular weight excluding hydrogens is 389 g/mol. The first-order valence-electron chi connectivity index (χ1n) is 9.82. The van der Waals surface area contributed by atoms with Gasteiger partial charge in [-0.1, -0.05) is 0 Å². The van der Waals surface area contributed by atoms with Gasteiger partial charge in [0.15, 0.2) is 0 Å². The molecule has 0 aliphatic carbocycles. The van der Waals surface area contributed by atoms with Crippen molar-refractivity contribution in [2.24, 2.45) is 4.99 Å². The van der Waals surface area contributed by atoms with E-state index in [1.54, 1.807) is 31.2 Å². The minimum absolute atomic E-state index is 0.00992. The fraction of sp³-hybridized carbons (Fsp3) is 0.318. The van der Waals surface area contributed by atoms with E-state index in [4.69, 9.17) is 9.47 Å². The average Bonchev–Trinajstić information content (AvgIpc) is 3.27. The number of halogens is 1. The van der Waals surface area contributed by atoms with Crippen LogP contribution in [0.3, 0.4) is 0 Å². The van der Waals surface area contributed by atoms with Crippen LogP contribution >= 0.6 is 0 Å². The lowest BCUT2D eigenvalue weighted by molar-refractivity contribution is 0.0526. The summed E-state index contributed by atoms with van der Waals surface area (Å²) in [5.74, 6) is -1.000. The third kappa shape index (κ3) is 6.12. The van der Waals surface area contributed by atoms with E-state index >= 15 is 0 Å². The minimum Gasteiger partial charge on any atom is -0.462 e. The van der Waals surface area contributed by atoms with Gasteiger partial charge in [-0.05, 0) is 68.3 Å². The lowest BCUT2D eigenvalue weighted by atomic mass is 10.2. The van der Waals surface area contributed by atoms with Crippen molar-refractivity contribution in [3.05, 3.63) is 65.5 Å². The zero-order valence-corrected chi connectivity index (χ0v) is 16.7. The summed E-state index contributed by atoms with van der Waals surface area (Å²) in [7, 11) is 0. The average molecular weight is 413 g/mol. The van der Waals surface area contributed by atoms with Crippen LogP contribution in [-0.2, 0) is 9.47 Å². The Hall–Kier alpha value is -3.26. The molecule has 0 spiro atoms. The molecule has 1 atom stereocenters. The van der Waals surface area contributed by atoms with Crippen molar-refractivity contribution < 1.29 is 23.5 Å². The van der Waals surface area contributed by atoms with E-state index in [9.17, 15) is 14.0 Å². The van der Waals surface area contributed by atoms with Gasteiger partial charge >= 0.3 is 5.97 Å². The van der Waals surface area contributed by atoms with Crippen molar-refractivity contribution in [3.8, 4) is 0 Å².